The molecule has 0 bridgehead atoms. The lowest BCUT2D eigenvalue weighted by Gasteiger charge is -2.28. The molecule has 0 aliphatic rings. The topological polar surface area (TPSA) is 80.4 Å². The third kappa shape index (κ3) is 4.00. The first-order valence-electron chi connectivity index (χ1n) is 7.02. The lowest BCUT2D eigenvalue weighted by atomic mass is 9.75. The molecular weight excluding hydrogens is 277 g/mol. The second kappa shape index (κ2) is 7.15. The number of benzene rings is 1. The van der Waals surface area contributed by atoms with Crippen LogP contribution in [0, 0.1) is 21.3 Å². The molecule has 1 N–H and O–H groups in total. The number of carbonyl (C=O) groups is 1. The van der Waals surface area contributed by atoms with E-state index in [9.17, 15) is 24.4 Å². The number of halogens is 1. The Hall–Kier alpha value is -1.98. The maximum Gasteiger partial charge on any atom is 0.309 e. The van der Waals surface area contributed by atoms with Crippen molar-refractivity contribution in [2.75, 3.05) is 0 Å². The van der Waals surface area contributed by atoms with E-state index in [0.29, 0.717) is 18.4 Å². The molecule has 1 rings (SSSR count). The molecule has 1 atom stereocenters. The zero-order valence-corrected chi connectivity index (χ0v) is 12.3. The van der Waals surface area contributed by atoms with Crippen molar-refractivity contribution in [3.05, 3.63) is 39.7 Å². The minimum absolute atomic E-state index is 0.174. The van der Waals surface area contributed by atoms with Gasteiger partial charge in [0.05, 0.1) is 10.3 Å². The van der Waals surface area contributed by atoms with Crippen molar-refractivity contribution in [2.24, 2.45) is 5.41 Å². The average Bonchev–Trinajstić information content (AvgIpc) is 2.42. The van der Waals surface area contributed by atoms with E-state index >= 15 is 0 Å². The number of carboxylic acids is 1. The van der Waals surface area contributed by atoms with Crippen molar-refractivity contribution in [3.63, 3.8) is 0 Å². The summed E-state index contributed by atoms with van der Waals surface area (Å²) in [5.74, 6) is -1.83. The Labute approximate surface area is 122 Å². The van der Waals surface area contributed by atoms with Crippen LogP contribution in [0.15, 0.2) is 18.2 Å². The van der Waals surface area contributed by atoms with Crippen molar-refractivity contribution in [2.45, 2.75) is 46.0 Å². The van der Waals surface area contributed by atoms with Gasteiger partial charge in [-0.2, -0.15) is 4.39 Å². The first-order valence-corrected chi connectivity index (χ1v) is 7.02. The van der Waals surface area contributed by atoms with E-state index in [-0.39, 0.29) is 6.42 Å². The van der Waals surface area contributed by atoms with Gasteiger partial charge in [0.15, 0.2) is 0 Å². The van der Waals surface area contributed by atoms with Gasteiger partial charge in [0.25, 0.3) is 0 Å². The van der Waals surface area contributed by atoms with E-state index in [1.54, 1.807) is 6.92 Å². The number of hydrogen-bond acceptors (Lipinski definition) is 3. The number of hydrogen-bond donors (Lipinski definition) is 1. The molecule has 1 aromatic carbocycles. The Morgan fingerprint density at radius 1 is 1.43 bits per heavy atom. The van der Waals surface area contributed by atoms with E-state index in [0.717, 1.165) is 25.0 Å². The quantitative estimate of drug-likeness (QED) is 0.582. The number of nitro groups is 1. The highest BCUT2D eigenvalue weighted by Crippen LogP contribution is 2.34. The fourth-order valence-electron chi connectivity index (χ4n) is 2.44. The van der Waals surface area contributed by atoms with Crippen LogP contribution in [0.1, 0.15) is 45.1 Å². The highest BCUT2D eigenvalue weighted by molar-refractivity contribution is 5.75. The van der Waals surface area contributed by atoms with Crippen molar-refractivity contribution >= 4 is 11.7 Å². The number of unbranched alkanes of at least 4 members (excludes halogenated alkanes) is 1. The molecule has 0 spiro atoms. The third-order valence-electron chi connectivity index (χ3n) is 3.89. The van der Waals surface area contributed by atoms with Gasteiger partial charge in [-0.05, 0) is 30.9 Å². The molecule has 21 heavy (non-hydrogen) atoms. The normalized spacial score (nSPS) is 13.7. The Kier molecular flexibility index (Phi) is 5.81. The fourth-order valence-corrected chi connectivity index (χ4v) is 2.44. The van der Waals surface area contributed by atoms with Crippen LogP contribution in [0.2, 0.25) is 0 Å². The van der Waals surface area contributed by atoms with Gasteiger partial charge in [-0.15, -0.1) is 0 Å². The SMILES string of the molecule is CCCCC(CC)(Cc1ccc([N+](=O)[O-])c(F)c1)C(=O)O. The van der Waals surface area contributed by atoms with Gasteiger partial charge < -0.3 is 5.11 Å². The number of carboxylic acid groups (broad SMARTS) is 1. The van der Waals surface area contributed by atoms with Gasteiger partial charge in [0, 0.05) is 6.07 Å². The summed E-state index contributed by atoms with van der Waals surface area (Å²) in [4.78, 5) is 21.4. The van der Waals surface area contributed by atoms with Gasteiger partial charge >= 0.3 is 11.7 Å². The summed E-state index contributed by atoms with van der Waals surface area (Å²) in [7, 11) is 0. The molecule has 0 aromatic heterocycles. The first-order chi connectivity index (χ1) is 9.86. The third-order valence-corrected chi connectivity index (χ3v) is 3.89. The van der Waals surface area contributed by atoms with Crippen molar-refractivity contribution in [1.29, 1.82) is 0 Å². The molecule has 0 heterocycles. The van der Waals surface area contributed by atoms with E-state index in [1.165, 1.54) is 6.07 Å². The Balaban J connectivity index is 3.06. The Morgan fingerprint density at radius 2 is 2.10 bits per heavy atom. The van der Waals surface area contributed by atoms with Crippen LogP contribution < -0.4 is 0 Å². The van der Waals surface area contributed by atoms with Crippen LogP contribution in [0.5, 0.6) is 0 Å². The zero-order chi connectivity index (χ0) is 16.0. The van der Waals surface area contributed by atoms with E-state index < -0.39 is 27.8 Å². The molecule has 116 valence electrons. The van der Waals surface area contributed by atoms with Crippen LogP contribution in [0.4, 0.5) is 10.1 Å². The van der Waals surface area contributed by atoms with Gasteiger partial charge in [0.1, 0.15) is 0 Å². The fraction of sp³-hybridized carbons (Fsp3) is 0.533. The van der Waals surface area contributed by atoms with Crippen molar-refractivity contribution in [1.82, 2.24) is 0 Å². The van der Waals surface area contributed by atoms with Crippen LogP contribution in [0.25, 0.3) is 0 Å². The summed E-state index contributed by atoms with van der Waals surface area (Å²) in [6, 6.07) is 3.59. The smallest absolute Gasteiger partial charge is 0.309 e. The van der Waals surface area contributed by atoms with Gasteiger partial charge in [0.2, 0.25) is 5.82 Å². The molecule has 0 amide bonds. The summed E-state index contributed by atoms with van der Waals surface area (Å²) < 4.78 is 13.6. The predicted octanol–water partition coefficient (Wildman–Crippen LogP) is 3.95. The lowest BCUT2D eigenvalue weighted by Crippen LogP contribution is -2.33. The van der Waals surface area contributed by atoms with Crippen LogP contribution in [-0.4, -0.2) is 16.0 Å². The zero-order valence-electron chi connectivity index (χ0n) is 12.3. The van der Waals surface area contributed by atoms with E-state index in [1.807, 2.05) is 6.92 Å². The summed E-state index contributed by atoms with van der Waals surface area (Å²) in [5.41, 5.74) is -1.07. The number of nitro benzene ring substituents is 1. The number of aliphatic carboxylic acids is 1. The van der Waals surface area contributed by atoms with Gasteiger partial charge in [-0.25, -0.2) is 0 Å². The highest BCUT2D eigenvalue weighted by atomic mass is 19.1. The lowest BCUT2D eigenvalue weighted by molar-refractivity contribution is -0.387. The number of nitrogens with zero attached hydrogens (tertiary/aromatic N) is 1. The van der Waals surface area contributed by atoms with E-state index in [4.69, 9.17) is 0 Å². The average molecular weight is 297 g/mol. The maximum atomic E-state index is 13.6. The molecule has 0 saturated heterocycles. The molecule has 6 heteroatoms. The predicted molar refractivity (Wildman–Crippen MR) is 76.6 cm³/mol. The minimum Gasteiger partial charge on any atom is -0.481 e. The van der Waals surface area contributed by atoms with Crippen LogP contribution >= 0.6 is 0 Å². The molecule has 0 radical (unpaired) electrons. The standard InChI is InChI=1S/C15H20FNO4/c1-3-5-8-15(4-2,14(18)19)10-11-6-7-13(17(20)21)12(16)9-11/h6-7,9H,3-5,8,10H2,1-2H3,(H,18,19). The summed E-state index contributed by atoms with van der Waals surface area (Å²) in [6.45, 7) is 3.78. The maximum absolute atomic E-state index is 13.6. The first kappa shape index (κ1) is 17.1. The Bertz CT molecular complexity index is 532. The summed E-state index contributed by atoms with van der Waals surface area (Å²) in [6.07, 6.45) is 2.77. The van der Waals surface area contributed by atoms with E-state index in [2.05, 4.69) is 0 Å². The molecular formula is C15H20FNO4. The molecule has 1 aromatic rings. The number of rotatable bonds is 8. The Morgan fingerprint density at radius 3 is 2.52 bits per heavy atom. The van der Waals surface area contributed by atoms with Gasteiger partial charge in [-0.1, -0.05) is 32.8 Å². The highest BCUT2D eigenvalue weighted by Gasteiger charge is 2.36. The second-order valence-corrected chi connectivity index (χ2v) is 5.26. The van der Waals surface area contributed by atoms with Crippen molar-refractivity contribution in [3.8, 4) is 0 Å². The van der Waals surface area contributed by atoms with Crippen molar-refractivity contribution < 1.29 is 19.2 Å². The molecule has 0 fully saturated rings. The van der Waals surface area contributed by atoms with Gasteiger partial charge in [-0.3, -0.25) is 14.9 Å². The molecule has 0 saturated carbocycles. The monoisotopic (exact) mass is 297 g/mol. The summed E-state index contributed by atoms with van der Waals surface area (Å²) in [5, 5.41) is 20.1. The minimum atomic E-state index is -0.946. The van der Waals surface area contributed by atoms with Crippen LogP contribution in [-0.2, 0) is 11.2 Å². The molecule has 0 aliphatic carbocycles. The molecule has 0 aliphatic heterocycles. The largest absolute Gasteiger partial charge is 0.481 e. The second-order valence-electron chi connectivity index (χ2n) is 5.26. The molecule has 1 unspecified atom stereocenters. The van der Waals surface area contributed by atoms with Crippen LogP contribution in [0.3, 0.4) is 0 Å². The summed E-state index contributed by atoms with van der Waals surface area (Å²) >= 11 is 0. The molecule has 5 nitrogen and oxygen atoms in total.